The summed E-state index contributed by atoms with van der Waals surface area (Å²) in [6.07, 6.45) is 0.903. The molecule has 8 heavy (non-hydrogen) atoms. The molecule has 0 amide bonds. The molecule has 0 rings (SSSR count). The lowest BCUT2D eigenvalue weighted by Crippen LogP contribution is -2.23. The Morgan fingerprint density at radius 1 is 1.75 bits per heavy atom. The Kier molecular flexibility index (Phi) is 5.59. The van der Waals surface area contributed by atoms with Crippen molar-refractivity contribution in [2.45, 2.75) is 12.5 Å². The normalized spacial score (nSPS) is 13.9. The molecule has 0 spiro atoms. The zero-order valence-corrected chi connectivity index (χ0v) is 6.03. The zero-order chi connectivity index (χ0) is 6.41. The minimum Gasteiger partial charge on any atom is -0.385 e. The number of rotatable bonds is 4. The number of thiol groups is 1. The molecule has 0 aliphatic heterocycles. The SMILES string of the molecule is COCC[C@H](N)CS. The summed E-state index contributed by atoms with van der Waals surface area (Å²) in [5.41, 5.74) is 5.50. The maximum absolute atomic E-state index is 5.50. The van der Waals surface area contributed by atoms with Crippen LogP contribution in [0.3, 0.4) is 0 Å². The van der Waals surface area contributed by atoms with Gasteiger partial charge < -0.3 is 10.5 Å². The van der Waals surface area contributed by atoms with Crippen molar-refractivity contribution in [1.29, 1.82) is 0 Å². The van der Waals surface area contributed by atoms with E-state index in [1.807, 2.05) is 0 Å². The number of methoxy groups -OCH3 is 1. The van der Waals surface area contributed by atoms with Gasteiger partial charge in [-0.15, -0.1) is 0 Å². The lowest BCUT2D eigenvalue weighted by molar-refractivity contribution is 0.190. The molecule has 0 saturated heterocycles. The zero-order valence-electron chi connectivity index (χ0n) is 5.13. The van der Waals surface area contributed by atoms with Gasteiger partial charge in [-0.2, -0.15) is 12.6 Å². The predicted octanol–water partition coefficient (Wildman–Crippen LogP) is 0.280. The van der Waals surface area contributed by atoms with E-state index >= 15 is 0 Å². The minimum atomic E-state index is 0.193. The van der Waals surface area contributed by atoms with Gasteiger partial charge >= 0.3 is 0 Å². The Balaban J connectivity index is 2.86. The van der Waals surface area contributed by atoms with Crippen molar-refractivity contribution >= 4 is 12.6 Å². The quantitative estimate of drug-likeness (QED) is 0.543. The molecule has 3 heteroatoms. The molecule has 0 aliphatic carbocycles. The van der Waals surface area contributed by atoms with Gasteiger partial charge in [-0.1, -0.05) is 0 Å². The average Bonchev–Trinajstić information content (AvgIpc) is 1.83. The van der Waals surface area contributed by atoms with Crippen LogP contribution in [0.1, 0.15) is 6.42 Å². The summed E-state index contributed by atoms with van der Waals surface area (Å²) in [6.45, 7) is 0.738. The van der Waals surface area contributed by atoms with E-state index in [1.54, 1.807) is 7.11 Å². The number of nitrogens with two attached hydrogens (primary N) is 1. The summed E-state index contributed by atoms with van der Waals surface area (Å²) in [6, 6.07) is 0.193. The van der Waals surface area contributed by atoms with Crippen molar-refractivity contribution < 1.29 is 4.74 Å². The first-order valence-corrected chi connectivity index (χ1v) is 3.30. The summed E-state index contributed by atoms with van der Waals surface area (Å²) in [5.74, 6) is 0.739. The van der Waals surface area contributed by atoms with Gasteiger partial charge in [-0.3, -0.25) is 0 Å². The highest BCUT2D eigenvalue weighted by Gasteiger charge is 1.95. The van der Waals surface area contributed by atoms with Crippen LogP contribution in [0.2, 0.25) is 0 Å². The van der Waals surface area contributed by atoms with E-state index in [0.29, 0.717) is 0 Å². The van der Waals surface area contributed by atoms with Crippen molar-refractivity contribution in [3.63, 3.8) is 0 Å². The molecule has 0 heterocycles. The van der Waals surface area contributed by atoms with E-state index in [-0.39, 0.29) is 6.04 Å². The number of ether oxygens (including phenoxy) is 1. The monoisotopic (exact) mass is 135 g/mol. The van der Waals surface area contributed by atoms with Gasteiger partial charge in [0.1, 0.15) is 0 Å². The van der Waals surface area contributed by atoms with Crippen LogP contribution in [-0.2, 0) is 4.74 Å². The van der Waals surface area contributed by atoms with Crippen molar-refractivity contribution in [2.75, 3.05) is 19.5 Å². The number of hydrogen-bond donors (Lipinski definition) is 2. The Morgan fingerprint density at radius 2 is 2.38 bits per heavy atom. The molecular weight excluding hydrogens is 122 g/mol. The van der Waals surface area contributed by atoms with Gasteiger partial charge in [0.25, 0.3) is 0 Å². The van der Waals surface area contributed by atoms with Crippen molar-refractivity contribution in [3.8, 4) is 0 Å². The second-order valence-corrected chi connectivity index (χ2v) is 2.09. The predicted molar refractivity (Wildman–Crippen MR) is 38.3 cm³/mol. The van der Waals surface area contributed by atoms with Crippen LogP contribution in [0.5, 0.6) is 0 Å². The van der Waals surface area contributed by atoms with Gasteiger partial charge in [-0.05, 0) is 6.42 Å². The molecule has 0 aromatic heterocycles. The number of hydrogen-bond acceptors (Lipinski definition) is 3. The molecule has 2 nitrogen and oxygen atoms in total. The highest BCUT2D eigenvalue weighted by atomic mass is 32.1. The molecule has 0 aromatic rings. The molecule has 0 saturated carbocycles. The Labute approximate surface area is 55.8 Å². The van der Waals surface area contributed by atoms with Crippen LogP contribution in [0.15, 0.2) is 0 Å². The third-order valence-corrected chi connectivity index (χ3v) is 1.40. The van der Waals surface area contributed by atoms with Crippen LogP contribution in [-0.4, -0.2) is 25.5 Å². The average molecular weight is 135 g/mol. The third-order valence-electron chi connectivity index (χ3n) is 0.927. The molecule has 0 aromatic carbocycles. The topological polar surface area (TPSA) is 35.2 Å². The fourth-order valence-electron chi connectivity index (χ4n) is 0.361. The molecule has 0 bridgehead atoms. The largest absolute Gasteiger partial charge is 0.385 e. The summed E-state index contributed by atoms with van der Waals surface area (Å²) < 4.78 is 4.80. The van der Waals surface area contributed by atoms with E-state index in [9.17, 15) is 0 Å². The van der Waals surface area contributed by atoms with E-state index in [2.05, 4.69) is 12.6 Å². The van der Waals surface area contributed by atoms with E-state index < -0.39 is 0 Å². The van der Waals surface area contributed by atoms with E-state index in [1.165, 1.54) is 0 Å². The first-order chi connectivity index (χ1) is 3.81. The maximum Gasteiger partial charge on any atom is 0.0477 e. The summed E-state index contributed by atoms with van der Waals surface area (Å²) in [7, 11) is 1.67. The van der Waals surface area contributed by atoms with Crippen molar-refractivity contribution in [3.05, 3.63) is 0 Å². The molecule has 0 fully saturated rings. The minimum absolute atomic E-state index is 0.193. The molecule has 2 N–H and O–H groups in total. The fraction of sp³-hybridized carbons (Fsp3) is 1.00. The van der Waals surface area contributed by atoms with Gasteiger partial charge in [-0.25, -0.2) is 0 Å². The van der Waals surface area contributed by atoms with Gasteiger partial charge in [0.15, 0.2) is 0 Å². The Morgan fingerprint density at radius 3 is 2.75 bits per heavy atom. The van der Waals surface area contributed by atoms with Crippen LogP contribution in [0, 0.1) is 0 Å². The van der Waals surface area contributed by atoms with Crippen molar-refractivity contribution in [1.82, 2.24) is 0 Å². The van der Waals surface area contributed by atoms with Crippen molar-refractivity contribution in [2.24, 2.45) is 5.73 Å². The fourth-order valence-corrected chi connectivity index (χ4v) is 0.543. The molecule has 1 atom stereocenters. The second kappa shape index (κ2) is 5.41. The van der Waals surface area contributed by atoms with Crippen LogP contribution >= 0.6 is 12.6 Å². The first-order valence-electron chi connectivity index (χ1n) is 2.66. The smallest absolute Gasteiger partial charge is 0.0477 e. The van der Waals surface area contributed by atoms with E-state index in [4.69, 9.17) is 10.5 Å². The summed E-state index contributed by atoms with van der Waals surface area (Å²) in [4.78, 5) is 0. The molecule has 0 unspecified atom stereocenters. The molecule has 50 valence electrons. The van der Waals surface area contributed by atoms with Crippen LogP contribution in [0.4, 0.5) is 0 Å². The highest BCUT2D eigenvalue weighted by Crippen LogP contribution is 1.89. The molecule has 0 radical (unpaired) electrons. The Hall–Kier alpha value is 0.270. The second-order valence-electron chi connectivity index (χ2n) is 1.72. The summed E-state index contributed by atoms with van der Waals surface area (Å²) >= 11 is 4.01. The van der Waals surface area contributed by atoms with E-state index in [0.717, 1.165) is 18.8 Å². The lowest BCUT2D eigenvalue weighted by Gasteiger charge is -2.04. The highest BCUT2D eigenvalue weighted by molar-refractivity contribution is 7.80. The summed E-state index contributed by atoms with van der Waals surface area (Å²) in [5, 5.41) is 0. The van der Waals surface area contributed by atoms with Crippen LogP contribution in [0.25, 0.3) is 0 Å². The van der Waals surface area contributed by atoms with Crippen LogP contribution < -0.4 is 5.73 Å². The first kappa shape index (κ1) is 8.27. The standard InChI is InChI=1S/C5H13NOS/c1-7-3-2-5(6)4-8/h5,8H,2-4,6H2,1H3/t5-/m0/s1. The maximum atomic E-state index is 5.50. The van der Waals surface area contributed by atoms with Gasteiger partial charge in [0.05, 0.1) is 0 Å². The molecular formula is C5H13NOS. The van der Waals surface area contributed by atoms with Gasteiger partial charge in [0.2, 0.25) is 0 Å². The Bertz CT molecular complexity index is 51.7. The molecule has 0 aliphatic rings. The van der Waals surface area contributed by atoms with Gasteiger partial charge in [0, 0.05) is 25.5 Å². The lowest BCUT2D eigenvalue weighted by atomic mass is 10.3. The third kappa shape index (κ3) is 4.43.